The highest BCUT2D eigenvalue weighted by Crippen LogP contribution is 2.16. The van der Waals surface area contributed by atoms with Crippen molar-refractivity contribution in [2.45, 2.75) is 26.3 Å². The Morgan fingerprint density at radius 3 is 2.74 bits per heavy atom. The maximum absolute atomic E-state index is 12.0. The second-order valence-electron chi connectivity index (χ2n) is 5.17. The van der Waals surface area contributed by atoms with Crippen LogP contribution >= 0.6 is 0 Å². The van der Waals surface area contributed by atoms with E-state index in [1.807, 2.05) is 20.8 Å². The van der Waals surface area contributed by atoms with E-state index in [4.69, 9.17) is 4.42 Å². The number of carbonyl (C=O) groups is 1. The van der Waals surface area contributed by atoms with Crippen LogP contribution < -0.4 is 11.0 Å². The van der Waals surface area contributed by atoms with Gasteiger partial charge in [-0.2, -0.15) is 4.98 Å². The molecule has 0 saturated heterocycles. The highest BCUT2D eigenvalue weighted by Gasteiger charge is 2.18. The highest BCUT2D eigenvalue weighted by atomic mass is 16.3. The normalized spacial score (nSPS) is 11.3. The van der Waals surface area contributed by atoms with Gasteiger partial charge in [0.15, 0.2) is 0 Å². The average molecular weight is 261 g/mol. The summed E-state index contributed by atoms with van der Waals surface area (Å²) in [5, 5.41) is 2.75. The predicted octanol–water partition coefficient (Wildman–Crippen LogP) is 1.56. The quantitative estimate of drug-likeness (QED) is 0.858. The second kappa shape index (κ2) is 4.72. The topological polar surface area (TPSA) is 88.0 Å². The van der Waals surface area contributed by atoms with Crippen LogP contribution in [0, 0.1) is 0 Å². The van der Waals surface area contributed by atoms with Crippen LogP contribution in [-0.4, -0.2) is 21.4 Å². The lowest BCUT2D eigenvalue weighted by Crippen LogP contribution is -2.41. The van der Waals surface area contributed by atoms with Crippen molar-refractivity contribution < 1.29 is 9.21 Å². The molecule has 0 spiro atoms. The van der Waals surface area contributed by atoms with Crippen molar-refractivity contribution in [3.8, 4) is 11.5 Å². The fourth-order valence-electron chi connectivity index (χ4n) is 1.54. The predicted molar refractivity (Wildman–Crippen MR) is 69.8 cm³/mol. The lowest BCUT2D eigenvalue weighted by molar-refractivity contribution is 0.0914. The van der Waals surface area contributed by atoms with Gasteiger partial charge in [-0.1, -0.05) is 0 Å². The molecule has 6 nitrogen and oxygen atoms in total. The monoisotopic (exact) mass is 261 g/mol. The Morgan fingerprint density at radius 1 is 1.42 bits per heavy atom. The van der Waals surface area contributed by atoms with Crippen molar-refractivity contribution in [2.75, 3.05) is 0 Å². The molecule has 0 aliphatic heterocycles. The smallest absolute Gasteiger partial charge is 0.346 e. The van der Waals surface area contributed by atoms with E-state index >= 15 is 0 Å². The van der Waals surface area contributed by atoms with E-state index in [2.05, 4.69) is 15.3 Å². The summed E-state index contributed by atoms with van der Waals surface area (Å²) < 4.78 is 5.18. The summed E-state index contributed by atoms with van der Waals surface area (Å²) in [5.74, 6) is 0.0794. The summed E-state index contributed by atoms with van der Waals surface area (Å²) in [6.07, 6.45) is 1.49. The molecular formula is C13H15N3O3. The molecule has 1 amide bonds. The Bertz CT molecular complexity index is 636. The van der Waals surface area contributed by atoms with Crippen LogP contribution in [0.3, 0.4) is 0 Å². The molecule has 6 heteroatoms. The number of aromatic amines is 1. The molecule has 100 valence electrons. The summed E-state index contributed by atoms with van der Waals surface area (Å²) in [6.45, 7) is 5.56. The third-order valence-corrected chi connectivity index (χ3v) is 2.25. The summed E-state index contributed by atoms with van der Waals surface area (Å²) >= 11 is 0. The van der Waals surface area contributed by atoms with Crippen molar-refractivity contribution >= 4 is 5.91 Å². The molecule has 2 rings (SSSR count). The first-order chi connectivity index (χ1) is 8.85. The molecule has 0 aliphatic rings. The molecule has 0 radical (unpaired) electrons. The van der Waals surface area contributed by atoms with E-state index in [9.17, 15) is 9.59 Å². The number of H-pyrrole nitrogens is 1. The van der Waals surface area contributed by atoms with Gasteiger partial charge in [0, 0.05) is 5.54 Å². The molecule has 0 fully saturated rings. The number of aromatic nitrogens is 2. The fourth-order valence-corrected chi connectivity index (χ4v) is 1.54. The highest BCUT2D eigenvalue weighted by molar-refractivity contribution is 5.93. The van der Waals surface area contributed by atoms with Gasteiger partial charge in [-0.05, 0) is 39.0 Å². The summed E-state index contributed by atoms with van der Waals surface area (Å²) in [5.41, 5.74) is -0.506. The first-order valence-electron chi connectivity index (χ1n) is 5.83. The molecule has 2 aromatic heterocycles. The minimum atomic E-state index is -0.590. The number of hydrogen-bond acceptors (Lipinski definition) is 4. The Hall–Kier alpha value is -2.37. The minimum absolute atomic E-state index is 0.0603. The zero-order valence-electron chi connectivity index (χ0n) is 11.0. The molecule has 0 atom stereocenters. The van der Waals surface area contributed by atoms with Gasteiger partial charge < -0.3 is 14.7 Å². The van der Waals surface area contributed by atoms with Gasteiger partial charge in [-0.3, -0.25) is 4.79 Å². The third-order valence-electron chi connectivity index (χ3n) is 2.25. The average Bonchev–Trinajstić information content (AvgIpc) is 2.79. The van der Waals surface area contributed by atoms with Gasteiger partial charge in [0.1, 0.15) is 11.5 Å². The van der Waals surface area contributed by atoms with E-state index in [1.54, 1.807) is 12.1 Å². The van der Waals surface area contributed by atoms with Crippen LogP contribution in [0.5, 0.6) is 0 Å². The zero-order valence-corrected chi connectivity index (χ0v) is 11.0. The Morgan fingerprint density at radius 2 is 2.16 bits per heavy atom. The van der Waals surface area contributed by atoms with Gasteiger partial charge in [0.05, 0.1) is 12.0 Å². The van der Waals surface area contributed by atoms with Gasteiger partial charge in [-0.15, -0.1) is 0 Å². The van der Waals surface area contributed by atoms with E-state index in [0.29, 0.717) is 11.5 Å². The Kier molecular flexibility index (Phi) is 3.25. The molecule has 19 heavy (non-hydrogen) atoms. The van der Waals surface area contributed by atoms with Crippen molar-refractivity contribution in [1.82, 2.24) is 15.3 Å². The lowest BCUT2D eigenvalue weighted by Gasteiger charge is -2.20. The second-order valence-corrected chi connectivity index (χ2v) is 5.17. The van der Waals surface area contributed by atoms with E-state index in [-0.39, 0.29) is 5.69 Å². The molecule has 0 bridgehead atoms. The molecule has 0 aromatic carbocycles. The van der Waals surface area contributed by atoms with Crippen LogP contribution in [0.1, 0.15) is 31.3 Å². The summed E-state index contributed by atoms with van der Waals surface area (Å²) in [4.78, 5) is 29.7. The van der Waals surface area contributed by atoms with Crippen molar-refractivity contribution in [2.24, 2.45) is 0 Å². The van der Waals surface area contributed by atoms with Crippen LogP contribution in [0.25, 0.3) is 11.5 Å². The molecule has 0 saturated carbocycles. The molecule has 0 aliphatic carbocycles. The SMILES string of the molecule is CC(C)(C)NC(=O)c1cc(-c2ccco2)[nH]c(=O)n1. The number of furan rings is 1. The Labute approximate surface area is 109 Å². The van der Waals surface area contributed by atoms with Crippen LogP contribution in [0.4, 0.5) is 0 Å². The van der Waals surface area contributed by atoms with Crippen molar-refractivity contribution in [1.29, 1.82) is 0 Å². The van der Waals surface area contributed by atoms with Crippen LogP contribution in [0.2, 0.25) is 0 Å². The molecule has 2 aromatic rings. The maximum Gasteiger partial charge on any atom is 0.346 e. The fraction of sp³-hybridized carbons (Fsp3) is 0.308. The molecule has 2 heterocycles. The first-order valence-corrected chi connectivity index (χ1v) is 5.83. The maximum atomic E-state index is 12.0. The standard InChI is InChI=1S/C13H15N3O3/c1-13(2,3)16-11(17)9-7-8(14-12(18)15-9)10-5-4-6-19-10/h4-7H,1-3H3,(H,16,17)(H,14,15,18). The molecule has 2 N–H and O–H groups in total. The lowest BCUT2D eigenvalue weighted by atomic mass is 10.1. The minimum Gasteiger partial charge on any atom is -0.463 e. The Balaban J connectivity index is 2.37. The number of amides is 1. The van der Waals surface area contributed by atoms with E-state index in [1.165, 1.54) is 12.3 Å². The van der Waals surface area contributed by atoms with Crippen molar-refractivity contribution in [3.63, 3.8) is 0 Å². The summed E-state index contributed by atoms with van der Waals surface area (Å²) in [6, 6.07) is 4.88. The van der Waals surface area contributed by atoms with Gasteiger partial charge in [0.25, 0.3) is 5.91 Å². The van der Waals surface area contributed by atoms with E-state index < -0.39 is 17.1 Å². The third kappa shape index (κ3) is 3.31. The molecule has 0 unspecified atom stereocenters. The van der Waals surface area contributed by atoms with Gasteiger partial charge in [-0.25, -0.2) is 4.79 Å². The van der Waals surface area contributed by atoms with Crippen LogP contribution in [0.15, 0.2) is 33.7 Å². The van der Waals surface area contributed by atoms with Crippen LogP contribution in [-0.2, 0) is 0 Å². The van der Waals surface area contributed by atoms with Crippen molar-refractivity contribution in [3.05, 3.63) is 40.6 Å². The van der Waals surface area contributed by atoms with E-state index in [0.717, 1.165) is 0 Å². The largest absolute Gasteiger partial charge is 0.463 e. The number of rotatable bonds is 2. The number of nitrogens with one attached hydrogen (secondary N) is 2. The first kappa shape index (κ1) is 13.1. The number of nitrogens with zero attached hydrogens (tertiary/aromatic N) is 1. The van der Waals surface area contributed by atoms with Gasteiger partial charge >= 0.3 is 5.69 Å². The molecular weight excluding hydrogens is 246 g/mol. The summed E-state index contributed by atoms with van der Waals surface area (Å²) in [7, 11) is 0. The number of hydrogen-bond donors (Lipinski definition) is 2. The zero-order chi connectivity index (χ0) is 14.0. The van der Waals surface area contributed by atoms with Gasteiger partial charge in [0.2, 0.25) is 0 Å². The number of carbonyl (C=O) groups excluding carboxylic acids is 1.